The van der Waals surface area contributed by atoms with Gasteiger partial charge >= 0.3 is 5.97 Å². The molecule has 0 bridgehead atoms. The van der Waals surface area contributed by atoms with Crippen molar-refractivity contribution in [1.29, 1.82) is 0 Å². The lowest BCUT2D eigenvalue weighted by molar-refractivity contribution is -0.143. The Kier molecular flexibility index (Phi) is 8.07. The van der Waals surface area contributed by atoms with Crippen molar-refractivity contribution in [1.82, 2.24) is 0 Å². The molecule has 0 spiro atoms. The maximum absolute atomic E-state index is 12.7. The average Bonchev–Trinajstić information content (AvgIpc) is 3.08. The van der Waals surface area contributed by atoms with Crippen LogP contribution >= 0.6 is 0 Å². The quantitative estimate of drug-likeness (QED) is 0.310. The monoisotopic (exact) mass is 378 g/mol. The van der Waals surface area contributed by atoms with Crippen LogP contribution < -0.4 is 0 Å². The maximum atomic E-state index is 12.7. The van der Waals surface area contributed by atoms with Crippen LogP contribution in [0.3, 0.4) is 0 Å². The molecular weight excluding hydrogens is 348 g/mol. The standard InChI is InChI=1S/C21H30O6/c1-4-27-16(22)11-9-7-5-6-8-10-14-12-13-15-17(14)19(24)21(26-3)20(25-2)18(15)23/h14H,4-13H2,1-3H3. The number of carbonyl (C=O) groups excluding carboxylic acids is 3. The van der Waals surface area contributed by atoms with Gasteiger partial charge in [-0.3, -0.25) is 14.4 Å². The average molecular weight is 378 g/mol. The van der Waals surface area contributed by atoms with Gasteiger partial charge in [-0.1, -0.05) is 25.7 Å². The lowest BCUT2D eigenvalue weighted by Crippen LogP contribution is -2.26. The van der Waals surface area contributed by atoms with Crippen molar-refractivity contribution in [3.8, 4) is 0 Å². The van der Waals surface area contributed by atoms with Crippen LogP contribution in [0, 0.1) is 5.92 Å². The van der Waals surface area contributed by atoms with Gasteiger partial charge in [-0.2, -0.15) is 0 Å². The summed E-state index contributed by atoms with van der Waals surface area (Å²) in [6.45, 7) is 2.25. The van der Waals surface area contributed by atoms with E-state index < -0.39 is 0 Å². The minimum absolute atomic E-state index is 0.0310. The highest BCUT2D eigenvalue weighted by Gasteiger charge is 2.42. The summed E-state index contributed by atoms with van der Waals surface area (Å²) in [4.78, 5) is 36.6. The molecule has 0 fully saturated rings. The number of hydrogen-bond acceptors (Lipinski definition) is 6. The van der Waals surface area contributed by atoms with Gasteiger partial charge in [0.15, 0.2) is 0 Å². The molecule has 0 N–H and O–H groups in total. The number of carbonyl (C=O) groups is 3. The fourth-order valence-corrected chi connectivity index (χ4v) is 3.95. The Morgan fingerprint density at radius 3 is 2.26 bits per heavy atom. The minimum atomic E-state index is -0.203. The van der Waals surface area contributed by atoms with Gasteiger partial charge in [0.1, 0.15) is 0 Å². The Hall–Kier alpha value is -2.11. The van der Waals surface area contributed by atoms with Crippen molar-refractivity contribution in [3.63, 3.8) is 0 Å². The van der Waals surface area contributed by atoms with Crippen molar-refractivity contribution in [2.75, 3.05) is 20.8 Å². The SMILES string of the molecule is CCOC(=O)CCCCCCCC1CCC2=C1C(=O)C(OC)=C(OC)C2=O. The van der Waals surface area contributed by atoms with Crippen molar-refractivity contribution in [2.24, 2.45) is 5.92 Å². The van der Waals surface area contributed by atoms with Crippen LogP contribution in [0.5, 0.6) is 0 Å². The Bertz CT molecular complexity index is 643. The van der Waals surface area contributed by atoms with E-state index in [2.05, 4.69) is 0 Å². The molecule has 0 aromatic heterocycles. The first-order valence-electron chi connectivity index (χ1n) is 9.85. The van der Waals surface area contributed by atoms with Crippen LogP contribution in [0.1, 0.15) is 64.7 Å². The van der Waals surface area contributed by atoms with E-state index in [-0.39, 0.29) is 35.0 Å². The largest absolute Gasteiger partial charge is 0.489 e. The van der Waals surface area contributed by atoms with Gasteiger partial charge in [0.25, 0.3) is 0 Å². The number of unbranched alkanes of at least 4 members (excludes halogenated alkanes) is 4. The van der Waals surface area contributed by atoms with E-state index in [4.69, 9.17) is 14.2 Å². The number of ether oxygens (including phenoxy) is 3. The highest BCUT2D eigenvalue weighted by Crippen LogP contribution is 2.42. The van der Waals surface area contributed by atoms with Crippen molar-refractivity contribution < 1.29 is 28.6 Å². The van der Waals surface area contributed by atoms with E-state index in [1.54, 1.807) is 0 Å². The van der Waals surface area contributed by atoms with Crippen LogP contribution in [0.25, 0.3) is 0 Å². The molecule has 6 nitrogen and oxygen atoms in total. The second kappa shape index (κ2) is 10.3. The summed E-state index contributed by atoms with van der Waals surface area (Å²) in [5.74, 6) is -0.331. The molecule has 2 aliphatic rings. The Morgan fingerprint density at radius 1 is 0.963 bits per heavy atom. The second-order valence-corrected chi connectivity index (χ2v) is 6.96. The fourth-order valence-electron chi connectivity index (χ4n) is 3.95. The number of allylic oxidation sites excluding steroid dienone is 2. The normalized spacial score (nSPS) is 19.4. The number of Topliss-reactive ketones (excluding diaryl/α,β-unsaturated/α-hetero) is 2. The molecular formula is C21H30O6. The summed E-state index contributed by atoms with van der Waals surface area (Å²) in [6.07, 6.45) is 7.82. The van der Waals surface area contributed by atoms with Gasteiger partial charge in [0.2, 0.25) is 23.1 Å². The van der Waals surface area contributed by atoms with Gasteiger partial charge in [-0.05, 0) is 38.5 Å². The first-order chi connectivity index (χ1) is 13.0. The van der Waals surface area contributed by atoms with Crippen molar-refractivity contribution in [3.05, 3.63) is 22.7 Å². The van der Waals surface area contributed by atoms with Crippen LogP contribution in [0.15, 0.2) is 22.7 Å². The smallest absolute Gasteiger partial charge is 0.305 e. The van der Waals surface area contributed by atoms with Crippen molar-refractivity contribution >= 4 is 17.5 Å². The van der Waals surface area contributed by atoms with E-state index in [9.17, 15) is 14.4 Å². The fraction of sp³-hybridized carbons (Fsp3) is 0.667. The number of esters is 1. The zero-order valence-corrected chi connectivity index (χ0v) is 16.6. The third kappa shape index (κ3) is 4.99. The van der Waals surface area contributed by atoms with Crippen molar-refractivity contribution in [2.45, 2.75) is 64.7 Å². The van der Waals surface area contributed by atoms with Gasteiger partial charge in [0, 0.05) is 17.6 Å². The molecule has 2 aliphatic carbocycles. The lowest BCUT2D eigenvalue weighted by Gasteiger charge is -2.21. The third-order valence-corrected chi connectivity index (χ3v) is 5.26. The molecule has 2 rings (SSSR count). The molecule has 1 atom stereocenters. The molecule has 0 aliphatic heterocycles. The third-order valence-electron chi connectivity index (χ3n) is 5.26. The van der Waals surface area contributed by atoms with Gasteiger partial charge < -0.3 is 14.2 Å². The first-order valence-corrected chi connectivity index (χ1v) is 9.85. The summed E-state index contributed by atoms with van der Waals surface area (Å²) in [5, 5.41) is 0. The van der Waals surface area contributed by atoms with Crippen LogP contribution in [-0.4, -0.2) is 38.4 Å². The first kappa shape index (κ1) is 21.2. The molecule has 150 valence electrons. The summed E-state index contributed by atoms with van der Waals surface area (Å²) in [5.41, 5.74) is 1.25. The molecule has 0 heterocycles. The van der Waals surface area contributed by atoms with Gasteiger partial charge in [-0.25, -0.2) is 0 Å². The predicted octanol–water partition coefficient (Wildman–Crippen LogP) is 3.64. The maximum Gasteiger partial charge on any atom is 0.305 e. The van der Waals surface area contributed by atoms with E-state index in [1.807, 2.05) is 6.92 Å². The van der Waals surface area contributed by atoms with E-state index in [1.165, 1.54) is 14.2 Å². The van der Waals surface area contributed by atoms with E-state index >= 15 is 0 Å². The lowest BCUT2D eigenvalue weighted by atomic mass is 9.87. The molecule has 1 unspecified atom stereocenters. The molecule has 0 amide bonds. The second-order valence-electron chi connectivity index (χ2n) is 6.96. The molecule has 0 radical (unpaired) electrons. The Morgan fingerprint density at radius 2 is 1.59 bits per heavy atom. The van der Waals surface area contributed by atoms with E-state index in [0.29, 0.717) is 30.6 Å². The highest BCUT2D eigenvalue weighted by molar-refractivity contribution is 6.24. The predicted molar refractivity (Wildman–Crippen MR) is 99.8 cm³/mol. The summed E-state index contributed by atoms with van der Waals surface area (Å²) >= 11 is 0. The molecule has 0 saturated carbocycles. The number of hydrogen-bond donors (Lipinski definition) is 0. The summed E-state index contributed by atoms with van der Waals surface area (Å²) in [6, 6.07) is 0. The highest BCUT2D eigenvalue weighted by atomic mass is 16.5. The van der Waals surface area contributed by atoms with Crippen LogP contribution in [0.4, 0.5) is 0 Å². The minimum Gasteiger partial charge on any atom is -0.489 e. The zero-order valence-electron chi connectivity index (χ0n) is 16.6. The Labute approximate surface area is 160 Å². The number of methoxy groups -OCH3 is 2. The molecule has 0 aromatic rings. The number of rotatable bonds is 11. The molecule has 0 saturated heterocycles. The van der Waals surface area contributed by atoms with Crippen LogP contribution in [-0.2, 0) is 28.6 Å². The Balaban J connectivity index is 1.78. The summed E-state index contributed by atoms with van der Waals surface area (Å²) in [7, 11) is 2.78. The van der Waals surface area contributed by atoms with E-state index in [0.717, 1.165) is 44.9 Å². The summed E-state index contributed by atoms with van der Waals surface area (Å²) < 4.78 is 15.2. The molecule has 27 heavy (non-hydrogen) atoms. The van der Waals surface area contributed by atoms with Crippen LogP contribution in [0.2, 0.25) is 0 Å². The topological polar surface area (TPSA) is 78.9 Å². The zero-order chi connectivity index (χ0) is 19.8. The number of ketones is 2. The molecule has 0 aromatic carbocycles. The van der Waals surface area contributed by atoms with Gasteiger partial charge in [0.05, 0.1) is 20.8 Å². The molecule has 6 heteroatoms. The van der Waals surface area contributed by atoms with Gasteiger partial charge in [-0.15, -0.1) is 0 Å².